The molecular formula is C31H33F2N5O3. The van der Waals surface area contributed by atoms with Crippen molar-refractivity contribution in [1.29, 1.82) is 0 Å². The third kappa shape index (κ3) is 6.34. The number of aromatic amines is 1. The zero-order valence-electron chi connectivity index (χ0n) is 22.6. The summed E-state index contributed by atoms with van der Waals surface area (Å²) in [5.41, 5.74) is 4.33. The van der Waals surface area contributed by atoms with Gasteiger partial charge in [-0.3, -0.25) is 9.89 Å². The van der Waals surface area contributed by atoms with E-state index in [9.17, 15) is 18.7 Å². The molecule has 2 aliphatic heterocycles. The summed E-state index contributed by atoms with van der Waals surface area (Å²) in [4.78, 5) is 15.9. The largest absolute Gasteiger partial charge is 0.393 e. The summed E-state index contributed by atoms with van der Waals surface area (Å²) < 4.78 is 32.9. The number of carbonyl (C=O) groups excluding carboxylic acids is 1. The molecule has 2 aliphatic rings. The van der Waals surface area contributed by atoms with Gasteiger partial charge in [-0.1, -0.05) is 6.07 Å². The number of ether oxygens (including phenoxy) is 1. The maximum absolute atomic E-state index is 13.7. The molecule has 2 saturated heterocycles. The minimum absolute atomic E-state index is 0.190. The van der Waals surface area contributed by atoms with E-state index in [0.717, 1.165) is 54.5 Å². The van der Waals surface area contributed by atoms with Gasteiger partial charge in [0.2, 0.25) is 0 Å². The Labute approximate surface area is 236 Å². The second kappa shape index (κ2) is 11.8. The van der Waals surface area contributed by atoms with Crippen LogP contribution >= 0.6 is 0 Å². The fourth-order valence-corrected chi connectivity index (χ4v) is 5.62. The number of halogens is 2. The topological polar surface area (TPSA) is 103 Å². The average molecular weight is 562 g/mol. The number of fused-ring (bicyclic) bond motifs is 1. The summed E-state index contributed by atoms with van der Waals surface area (Å²) in [6, 6.07) is 15.0. The lowest BCUT2D eigenvalue weighted by molar-refractivity contribution is 0.0904. The summed E-state index contributed by atoms with van der Waals surface area (Å²) in [5.74, 6) is -1.16. The lowest BCUT2D eigenvalue weighted by Gasteiger charge is -2.32. The second-order valence-electron chi connectivity index (χ2n) is 10.8. The third-order valence-corrected chi connectivity index (χ3v) is 7.85. The van der Waals surface area contributed by atoms with Gasteiger partial charge in [0.05, 0.1) is 17.2 Å². The van der Waals surface area contributed by atoms with E-state index in [4.69, 9.17) is 4.74 Å². The van der Waals surface area contributed by atoms with E-state index in [0.29, 0.717) is 54.8 Å². The number of rotatable bonds is 7. The molecule has 214 valence electrons. The van der Waals surface area contributed by atoms with Crippen LogP contribution in [0.1, 0.15) is 47.2 Å². The third-order valence-electron chi connectivity index (χ3n) is 7.85. The van der Waals surface area contributed by atoms with E-state index in [1.807, 2.05) is 36.4 Å². The average Bonchev–Trinajstić information content (AvgIpc) is 3.35. The number of hydrogen-bond acceptors (Lipinski definition) is 6. The fraction of sp³-hybridized carbons (Fsp3) is 0.355. The van der Waals surface area contributed by atoms with Gasteiger partial charge in [-0.2, -0.15) is 5.10 Å². The summed E-state index contributed by atoms with van der Waals surface area (Å²) in [6.07, 6.45) is 3.19. The van der Waals surface area contributed by atoms with Gasteiger partial charge in [0, 0.05) is 55.2 Å². The van der Waals surface area contributed by atoms with Gasteiger partial charge in [-0.25, -0.2) is 8.78 Å². The van der Waals surface area contributed by atoms with Gasteiger partial charge in [0.25, 0.3) is 5.91 Å². The Morgan fingerprint density at radius 1 is 0.976 bits per heavy atom. The molecule has 6 rings (SSSR count). The van der Waals surface area contributed by atoms with E-state index in [-0.39, 0.29) is 18.1 Å². The van der Waals surface area contributed by atoms with E-state index in [1.54, 1.807) is 0 Å². The Morgan fingerprint density at radius 3 is 2.49 bits per heavy atom. The van der Waals surface area contributed by atoms with Crippen LogP contribution in [0.5, 0.6) is 0 Å². The Bertz CT molecular complexity index is 1520. The van der Waals surface area contributed by atoms with Crippen molar-refractivity contribution in [3.05, 3.63) is 82.9 Å². The molecule has 4 aromatic rings. The number of amides is 1. The van der Waals surface area contributed by atoms with Crippen LogP contribution in [0.2, 0.25) is 0 Å². The lowest BCUT2D eigenvalue weighted by Crippen LogP contribution is -2.36. The molecule has 8 nitrogen and oxygen atoms in total. The van der Waals surface area contributed by atoms with Crippen molar-refractivity contribution in [1.82, 2.24) is 10.2 Å². The van der Waals surface area contributed by atoms with Gasteiger partial charge in [-0.05, 0) is 85.7 Å². The van der Waals surface area contributed by atoms with Gasteiger partial charge >= 0.3 is 0 Å². The first-order valence-corrected chi connectivity index (χ1v) is 14.1. The summed E-state index contributed by atoms with van der Waals surface area (Å²) in [5, 5.41) is 24.5. The highest BCUT2D eigenvalue weighted by Crippen LogP contribution is 2.30. The molecule has 4 N–H and O–H groups in total. The number of aliphatic hydroxyl groups excluding tert-OH is 1. The molecule has 0 spiro atoms. The number of nitrogens with zero attached hydrogens (tertiary/aromatic N) is 2. The molecule has 41 heavy (non-hydrogen) atoms. The van der Waals surface area contributed by atoms with Crippen LogP contribution in [0.15, 0.2) is 54.6 Å². The molecular weight excluding hydrogens is 528 g/mol. The van der Waals surface area contributed by atoms with Crippen LogP contribution in [-0.2, 0) is 11.2 Å². The quantitative estimate of drug-likeness (QED) is 0.246. The number of aliphatic hydroxyl groups is 1. The number of hydrogen-bond donors (Lipinski definition) is 4. The predicted molar refractivity (Wildman–Crippen MR) is 155 cm³/mol. The zero-order chi connectivity index (χ0) is 28.3. The van der Waals surface area contributed by atoms with Crippen LogP contribution < -0.4 is 15.5 Å². The number of benzene rings is 3. The first-order valence-electron chi connectivity index (χ1n) is 14.1. The minimum Gasteiger partial charge on any atom is -0.393 e. The molecule has 0 atom stereocenters. The van der Waals surface area contributed by atoms with Crippen LogP contribution in [0.25, 0.3) is 10.9 Å². The highest BCUT2D eigenvalue weighted by molar-refractivity contribution is 6.11. The Balaban J connectivity index is 1.25. The zero-order valence-corrected chi connectivity index (χ0v) is 22.6. The van der Waals surface area contributed by atoms with E-state index < -0.39 is 11.6 Å². The van der Waals surface area contributed by atoms with Gasteiger partial charge in [0.1, 0.15) is 11.6 Å². The van der Waals surface area contributed by atoms with Crippen molar-refractivity contribution in [3.8, 4) is 0 Å². The van der Waals surface area contributed by atoms with Crippen molar-refractivity contribution in [3.63, 3.8) is 0 Å². The smallest absolute Gasteiger partial charge is 0.258 e. The van der Waals surface area contributed by atoms with Crippen LogP contribution in [0, 0.1) is 11.6 Å². The maximum atomic E-state index is 13.7. The van der Waals surface area contributed by atoms with Crippen LogP contribution in [0.3, 0.4) is 0 Å². The van der Waals surface area contributed by atoms with E-state index in [1.165, 1.54) is 12.1 Å². The molecule has 0 bridgehead atoms. The first-order chi connectivity index (χ1) is 19.9. The molecule has 0 aliphatic carbocycles. The molecule has 1 amide bonds. The molecule has 2 fully saturated rings. The maximum Gasteiger partial charge on any atom is 0.258 e. The summed E-state index contributed by atoms with van der Waals surface area (Å²) in [7, 11) is 0. The number of nitrogens with one attached hydrogen (secondary N) is 3. The standard InChI is InChI=1S/C31H33F2N5O3/c32-21-14-20(15-22(33)17-21)13-19-1-4-28-27(16-19)30(37-36-28)35-31(40)26-3-2-24(38-9-5-25(39)6-10-38)18-29(26)34-23-7-11-41-12-8-23/h1-4,14-18,23,25,34,39H,5-13H2,(H2,35,36,37,40). The fourth-order valence-electron chi connectivity index (χ4n) is 5.62. The van der Waals surface area contributed by atoms with Crippen molar-refractivity contribution in [2.45, 2.75) is 44.2 Å². The molecule has 10 heteroatoms. The Morgan fingerprint density at radius 2 is 1.73 bits per heavy atom. The molecule has 3 aromatic carbocycles. The molecule has 0 saturated carbocycles. The number of anilines is 3. The van der Waals surface area contributed by atoms with Gasteiger partial charge < -0.3 is 25.4 Å². The molecule has 3 heterocycles. The molecule has 0 radical (unpaired) electrons. The van der Waals surface area contributed by atoms with E-state index in [2.05, 4.69) is 25.7 Å². The number of aromatic nitrogens is 2. The summed E-state index contributed by atoms with van der Waals surface area (Å²) in [6.45, 7) is 2.86. The summed E-state index contributed by atoms with van der Waals surface area (Å²) >= 11 is 0. The van der Waals surface area contributed by atoms with Crippen molar-refractivity contribution < 1.29 is 23.4 Å². The SMILES string of the molecule is O=C(Nc1n[nH]c2ccc(Cc3cc(F)cc(F)c3)cc12)c1ccc(N2CCC(O)CC2)cc1NC1CCOCC1. The predicted octanol–water partition coefficient (Wildman–Crippen LogP) is 5.24. The Hall–Kier alpha value is -4.02. The monoisotopic (exact) mass is 561 g/mol. The normalized spacial score (nSPS) is 16.7. The lowest BCUT2D eigenvalue weighted by atomic mass is 10.0. The highest BCUT2D eigenvalue weighted by Gasteiger charge is 2.22. The van der Waals surface area contributed by atoms with Gasteiger partial charge in [0.15, 0.2) is 5.82 Å². The number of H-pyrrole nitrogens is 1. The minimum atomic E-state index is -0.619. The van der Waals surface area contributed by atoms with Gasteiger partial charge in [-0.15, -0.1) is 0 Å². The molecule has 0 unspecified atom stereocenters. The Kier molecular flexibility index (Phi) is 7.84. The molecule has 1 aromatic heterocycles. The van der Waals surface area contributed by atoms with Crippen molar-refractivity contribution >= 4 is 34.0 Å². The van der Waals surface area contributed by atoms with Crippen molar-refractivity contribution in [2.75, 3.05) is 41.8 Å². The van der Waals surface area contributed by atoms with Crippen LogP contribution in [-0.4, -0.2) is 59.7 Å². The van der Waals surface area contributed by atoms with E-state index >= 15 is 0 Å². The van der Waals surface area contributed by atoms with Crippen molar-refractivity contribution in [2.24, 2.45) is 0 Å². The second-order valence-corrected chi connectivity index (χ2v) is 10.8. The number of carbonyl (C=O) groups is 1. The van der Waals surface area contributed by atoms with Crippen LogP contribution in [0.4, 0.5) is 26.0 Å². The first kappa shape index (κ1) is 27.2. The highest BCUT2D eigenvalue weighted by atomic mass is 19.1. The number of piperidine rings is 1.